The molecule has 0 amide bonds. The maximum atomic E-state index is 13.9. The van der Waals surface area contributed by atoms with Gasteiger partial charge in [0.05, 0.1) is 43.5 Å². The molecule has 3 aliphatic heterocycles. The highest BCUT2D eigenvalue weighted by Crippen LogP contribution is 2.76. The number of fused-ring (bicyclic) bond motifs is 7. The number of hydrogen-bond acceptors (Lipinski definition) is 22. The normalized spacial score (nSPS) is 49.0. The minimum absolute atomic E-state index is 0.153. The van der Waals surface area contributed by atoms with E-state index in [-0.39, 0.29) is 23.8 Å². The molecule has 23 nitrogen and oxygen atoms in total. The van der Waals surface area contributed by atoms with E-state index in [1.165, 1.54) is 0 Å². The van der Waals surface area contributed by atoms with Gasteiger partial charge < -0.3 is 99.2 Å². The van der Waals surface area contributed by atoms with E-state index >= 15 is 0 Å². The van der Waals surface area contributed by atoms with Crippen LogP contribution in [0.2, 0.25) is 0 Å². The molecule has 12 N–H and O–H groups in total. The molecule has 26 atom stereocenters. The summed E-state index contributed by atoms with van der Waals surface area (Å²) in [7, 11) is 0. The quantitative estimate of drug-likeness (QED) is 0.0480. The number of carbonyl (C=O) groups excluding carboxylic acids is 2. The van der Waals surface area contributed by atoms with Gasteiger partial charge in [0.15, 0.2) is 31.1 Å². The van der Waals surface area contributed by atoms with Crippen LogP contribution < -0.4 is 0 Å². The monoisotopic (exact) mass is 1140 g/mol. The molecule has 3 saturated heterocycles. The van der Waals surface area contributed by atoms with E-state index in [2.05, 4.69) is 19.9 Å². The van der Waals surface area contributed by atoms with Crippen LogP contribution in [0.1, 0.15) is 115 Å². The summed E-state index contributed by atoms with van der Waals surface area (Å²) in [4.78, 5) is 40.3. The van der Waals surface area contributed by atoms with E-state index < -0.39 is 193 Å². The average molecular weight is 1140 g/mol. The van der Waals surface area contributed by atoms with E-state index in [4.69, 9.17) is 37.9 Å². The average Bonchev–Trinajstić information content (AvgIpc) is 3.72. The predicted octanol–water partition coefficient (Wildman–Crippen LogP) is 0.263. The van der Waals surface area contributed by atoms with Gasteiger partial charge >= 0.3 is 17.9 Å². The molecular weight excluding hydrogens is 1050 g/mol. The molecule has 0 spiro atoms. The predicted molar refractivity (Wildman–Crippen MR) is 277 cm³/mol. The summed E-state index contributed by atoms with van der Waals surface area (Å²) in [6.45, 7) is 18.4. The Balaban J connectivity index is 1.14. The van der Waals surface area contributed by atoms with E-state index in [0.717, 1.165) is 5.57 Å². The number of aliphatic carboxylic acids is 1. The lowest BCUT2D eigenvalue weighted by Crippen LogP contribution is -2.76. The molecular formula is C57H88O23. The van der Waals surface area contributed by atoms with Gasteiger partial charge in [-0.15, -0.1) is 0 Å². The first-order valence-electron chi connectivity index (χ1n) is 28.1. The highest BCUT2D eigenvalue weighted by Gasteiger charge is 2.76. The Hall–Kier alpha value is -3.05. The van der Waals surface area contributed by atoms with Crippen LogP contribution in [0.3, 0.4) is 0 Å². The Morgan fingerprint density at radius 3 is 1.71 bits per heavy atom. The SMILES string of the molecule is C/C=C(/C)C(=O)O[C@H]1[C@H](OC(=O)/C(C)=C\C)[C@@]2(CO)C(CC1(C)C)C1=CCC3[C@@]4(C)CC[C@H](O[C@@H]5OC(C(=O)O)[C@H](O)[C@H](O[C@@H]6O[C@H](CO)[C@H](O)C6O)C5O[C@@H]5OC(CO)[C@H](O)[C@H](O)C5O)C(C)(C)C4CC[C@@]3(C)[C@]1(C)[C@@H](O)[C@H]2O. The lowest BCUT2D eigenvalue weighted by atomic mass is 9.32. The van der Waals surface area contributed by atoms with Gasteiger partial charge in [0.1, 0.15) is 67.1 Å². The van der Waals surface area contributed by atoms with Crippen molar-refractivity contribution in [3.05, 3.63) is 34.9 Å². The number of carbonyl (C=O) groups is 3. The van der Waals surface area contributed by atoms with Gasteiger partial charge in [-0.2, -0.15) is 0 Å². The first-order chi connectivity index (χ1) is 37.3. The zero-order valence-corrected chi connectivity index (χ0v) is 47.7. The van der Waals surface area contributed by atoms with Crippen LogP contribution >= 0.6 is 0 Å². The Kier molecular flexibility index (Phi) is 17.9. The fourth-order valence-corrected chi connectivity index (χ4v) is 16.2. The van der Waals surface area contributed by atoms with E-state index in [1.807, 2.05) is 34.6 Å². The highest BCUT2D eigenvalue weighted by molar-refractivity contribution is 5.89. The lowest BCUT2D eigenvalue weighted by molar-refractivity contribution is -0.386. The second-order valence-electron chi connectivity index (χ2n) is 26.0. The number of carboxylic acids is 1. The van der Waals surface area contributed by atoms with Gasteiger partial charge in [-0.05, 0) is 100 Å². The third kappa shape index (κ3) is 9.76. The zero-order valence-electron chi connectivity index (χ0n) is 47.7. The molecule has 4 saturated carbocycles. The van der Waals surface area contributed by atoms with E-state index in [0.29, 0.717) is 37.7 Å². The van der Waals surface area contributed by atoms with Crippen molar-refractivity contribution in [1.82, 2.24) is 0 Å². The van der Waals surface area contributed by atoms with Crippen LogP contribution in [-0.2, 0) is 52.3 Å². The van der Waals surface area contributed by atoms with E-state index in [9.17, 15) is 75.7 Å². The molecule has 3 heterocycles. The number of ether oxygens (including phenoxy) is 8. The number of rotatable bonds is 14. The molecule has 0 aromatic rings. The number of carboxylic acid groups (broad SMARTS) is 1. The Labute approximate surface area is 466 Å². The third-order valence-electron chi connectivity index (χ3n) is 21.4. The third-order valence-corrected chi connectivity index (χ3v) is 21.4. The molecule has 0 radical (unpaired) electrons. The van der Waals surface area contributed by atoms with Crippen molar-refractivity contribution in [2.45, 2.75) is 231 Å². The summed E-state index contributed by atoms with van der Waals surface area (Å²) in [6, 6.07) is 0. The Morgan fingerprint density at radius 1 is 0.637 bits per heavy atom. The fourth-order valence-electron chi connectivity index (χ4n) is 16.2. The van der Waals surface area contributed by atoms with Crippen molar-refractivity contribution < 1.29 is 114 Å². The summed E-state index contributed by atoms with van der Waals surface area (Å²) < 4.78 is 49.0. The molecule has 0 bridgehead atoms. The summed E-state index contributed by atoms with van der Waals surface area (Å²) in [6.07, 6.45) is -24.0. The van der Waals surface area contributed by atoms with Gasteiger partial charge in [-0.25, -0.2) is 14.4 Å². The number of allylic oxidation sites excluding steroid dienone is 3. The first-order valence-corrected chi connectivity index (χ1v) is 28.1. The molecule has 7 fully saturated rings. The number of hydrogen-bond donors (Lipinski definition) is 12. The van der Waals surface area contributed by atoms with Crippen LogP contribution in [0, 0.1) is 50.2 Å². The molecule has 0 aromatic heterocycles. The molecule has 5 aliphatic carbocycles. The largest absolute Gasteiger partial charge is 0.479 e. The molecule has 0 aromatic carbocycles. The second-order valence-corrected chi connectivity index (χ2v) is 26.0. The van der Waals surface area contributed by atoms with E-state index in [1.54, 1.807) is 39.8 Å². The molecule has 454 valence electrons. The fraction of sp³-hybridized carbons (Fsp3) is 0.842. The maximum absolute atomic E-state index is 13.9. The topological polar surface area (TPSA) is 368 Å². The van der Waals surface area contributed by atoms with Gasteiger partial charge in [-0.3, -0.25) is 0 Å². The van der Waals surface area contributed by atoms with Crippen LogP contribution in [-0.4, -0.2) is 216 Å². The Morgan fingerprint density at radius 2 is 1.18 bits per heavy atom. The zero-order chi connectivity index (χ0) is 59.3. The summed E-state index contributed by atoms with van der Waals surface area (Å²) >= 11 is 0. The number of aliphatic hydroxyl groups excluding tert-OH is 11. The second kappa shape index (κ2) is 22.7. The van der Waals surface area contributed by atoms with Crippen LogP contribution in [0.5, 0.6) is 0 Å². The standard InChI is InChI=1S/C57H88O23/c1-12-24(3)47(71)79-44-45(80-48(72)25(4)13-2)57(23-60)27(20-52(44,5)6)26-14-15-31-54(9)18-17-32(53(7,8)30(54)16-19-55(31,10)56(26,11)42(67)43(57)68)75-51-41(78-50-37(65)35(63)33(61)28(21-58)73-50)39(38(66)40(77-51)46(69)70)76-49-36(64)34(62)29(22-59)74-49/h12-14,27-45,49-51,58-68H,15-23H2,1-11H3,(H,69,70)/b24-12-,25-13-/t27?,28?,29-,30?,31?,32+,33+,34+,35+,36?,37?,38-,39+,40?,41?,42+,43-,44+,45+,49+,50+,51-,54+,55-,56+,57+/m1/s1. The van der Waals surface area contributed by atoms with Crippen molar-refractivity contribution in [3.8, 4) is 0 Å². The van der Waals surface area contributed by atoms with Crippen molar-refractivity contribution in [3.63, 3.8) is 0 Å². The first kappa shape index (κ1) is 63.0. The van der Waals surface area contributed by atoms with Gasteiger partial charge in [0, 0.05) is 22.0 Å². The van der Waals surface area contributed by atoms with Crippen LogP contribution in [0.4, 0.5) is 0 Å². The summed E-state index contributed by atoms with van der Waals surface area (Å²) in [5.74, 6) is -4.01. The minimum Gasteiger partial charge on any atom is -0.479 e. The highest BCUT2D eigenvalue weighted by atomic mass is 16.8. The van der Waals surface area contributed by atoms with Gasteiger partial charge in [0.2, 0.25) is 0 Å². The smallest absolute Gasteiger partial charge is 0.335 e. The van der Waals surface area contributed by atoms with Crippen LogP contribution in [0.25, 0.3) is 0 Å². The van der Waals surface area contributed by atoms with Crippen molar-refractivity contribution in [2.24, 2.45) is 50.2 Å². The summed E-state index contributed by atoms with van der Waals surface area (Å²) in [5.41, 5.74) is -4.40. The van der Waals surface area contributed by atoms with Gasteiger partial charge in [-0.1, -0.05) is 72.3 Å². The molecule has 23 heteroatoms. The molecule has 8 rings (SSSR count). The molecule has 8 aliphatic rings. The number of aliphatic hydroxyl groups is 11. The molecule has 8 unspecified atom stereocenters. The van der Waals surface area contributed by atoms with Crippen molar-refractivity contribution >= 4 is 17.9 Å². The van der Waals surface area contributed by atoms with Crippen molar-refractivity contribution in [1.29, 1.82) is 0 Å². The summed E-state index contributed by atoms with van der Waals surface area (Å²) in [5, 5.41) is 134. The maximum Gasteiger partial charge on any atom is 0.335 e. The van der Waals surface area contributed by atoms with Crippen LogP contribution in [0.15, 0.2) is 34.9 Å². The minimum atomic E-state index is -2.13. The van der Waals surface area contributed by atoms with Gasteiger partial charge in [0.25, 0.3) is 0 Å². The lowest BCUT2D eigenvalue weighted by Gasteiger charge is -2.73. The van der Waals surface area contributed by atoms with Crippen molar-refractivity contribution in [2.75, 3.05) is 19.8 Å². The Bertz CT molecular complexity index is 2390. The number of esters is 2. The molecule has 80 heavy (non-hydrogen) atoms.